The third kappa shape index (κ3) is 5.59. The van der Waals surface area contributed by atoms with Crippen molar-refractivity contribution < 1.29 is 14.3 Å². The van der Waals surface area contributed by atoms with E-state index in [-0.39, 0.29) is 6.09 Å². The number of amides is 1. The van der Waals surface area contributed by atoms with Crippen LogP contribution in [-0.2, 0) is 11.3 Å². The molecule has 1 aliphatic rings. The van der Waals surface area contributed by atoms with E-state index in [2.05, 4.69) is 25.9 Å². The molecule has 1 aliphatic heterocycles. The highest BCUT2D eigenvalue weighted by atomic mass is 16.6. The Hall–Kier alpha value is -4.07. The molecule has 186 valence electrons. The second-order valence-corrected chi connectivity index (χ2v) is 9.90. The minimum Gasteiger partial charge on any atom is -0.489 e. The van der Waals surface area contributed by atoms with E-state index < -0.39 is 5.60 Å². The fraction of sp³-hybridized carbons (Fsp3) is 0.321. The molecule has 0 atom stereocenters. The van der Waals surface area contributed by atoms with Crippen LogP contribution in [0.2, 0.25) is 0 Å². The highest BCUT2D eigenvalue weighted by Crippen LogP contribution is 2.25. The number of hydrogen-bond acceptors (Lipinski definition) is 6. The van der Waals surface area contributed by atoms with Crippen molar-refractivity contribution in [2.75, 3.05) is 31.1 Å². The van der Waals surface area contributed by atoms with Gasteiger partial charge >= 0.3 is 6.09 Å². The normalized spacial score (nSPS) is 14.2. The predicted molar refractivity (Wildman–Crippen MR) is 140 cm³/mol. The lowest BCUT2D eigenvalue weighted by Crippen LogP contribution is -2.50. The number of nitrogens with zero attached hydrogens (tertiary/aromatic N) is 4. The lowest BCUT2D eigenvalue weighted by Gasteiger charge is -2.36. The Morgan fingerprint density at radius 2 is 1.72 bits per heavy atom. The fourth-order valence-corrected chi connectivity index (χ4v) is 4.12. The maximum Gasteiger partial charge on any atom is 0.410 e. The van der Waals surface area contributed by atoms with Crippen LogP contribution in [-0.4, -0.2) is 57.7 Å². The van der Waals surface area contributed by atoms with E-state index in [0.29, 0.717) is 25.3 Å². The van der Waals surface area contributed by atoms with Gasteiger partial charge in [0.15, 0.2) is 5.65 Å². The third-order valence-electron chi connectivity index (χ3n) is 6.00. The number of benzene rings is 2. The quantitative estimate of drug-likeness (QED) is 0.415. The molecule has 8 nitrogen and oxygen atoms in total. The lowest BCUT2D eigenvalue weighted by atomic mass is 10.2. The zero-order valence-electron chi connectivity index (χ0n) is 20.9. The van der Waals surface area contributed by atoms with E-state index in [4.69, 9.17) is 9.47 Å². The summed E-state index contributed by atoms with van der Waals surface area (Å²) in [5.74, 6) is 1.57. The number of nitrogens with one attached hydrogen (secondary N) is 1. The number of fused-ring (bicyclic) bond motifs is 1. The molecule has 0 aliphatic carbocycles. The average Bonchev–Trinajstić information content (AvgIpc) is 3.31. The van der Waals surface area contributed by atoms with Gasteiger partial charge in [0.2, 0.25) is 0 Å². The monoisotopic (exact) mass is 485 g/mol. The van der Waals surface area contributed by atoms with Gasteiger partial charge in [0.1, 0.15) is 23.8 Å². The molecule has 8 heteroatoms. The number of H-pyrrole nitrogens is 1. The van der Waals surface area contributed by atoms with Gasteiger partial charge < -0.3 is 24.3 Å². The molecule has 1 saturated heterocycles. The number of carbonyl (C=O) groups excluding carboxylic acids is 1. The van der Waals surface area contributed by atoms with Crippen molar-refractivity contribution in [2.45, 2.75) is 33.0 Å². The number of hydrogen-bond donors (Lipinski definition) is 1. The van der Waals surface area contributed by atoms with Gasteiger partial charge in [-0.1, -0.05) is 30.3 Å². The largest absolute Gasteiger partial charge is 0.489 e. The fourth-order valence-electron chi connectivity index (χ4n) is 4.12. The van der Waals surface area contributed by atoms with E-state index in [1.54, 1.807) is 4.90 Å². The molecule has 36 heavy (non-hydrogen) atoms. The Labute approximate surface area is 210 Å². The van der Waals surface area contributed by atoms with Gasteiger partial charge in [-0.15, -0.1) is 0 Å². The molecule has 5 rings (SSSR count). The summed E-state index contributed by atoms with van der Waals surface area (Å²) in [5, 5.41) is 0. The SMILES string of the molecule is CC(C)(C)OC(=O)N1CCN(c2cnc3nc(-c4ccc(OCc5ccccc5)cc4)[nH]c3c2)CC1. The maximum absolute atomic E-state index is 12.3. The van der Waals surface area contributed by atoms with Crippen molar-refractivity contribution >= 4 is 22.9 Å². The molecule has 2 aromatic heterocycles. The number of aromatic nitrogens is 3. The molecule has 1 fully saturated rings. The topological polar surface area (TPSA) is 83.6 Å². The second-order valence-electron chi connectivity index (χ2n) is 9.90. The van der Waals surface area contributed by atoms with Crippen LogP contribution < -0.4 is 9.64 Å². The first-order chi connectivity index (χ1) is 17.3. The standard InChI is InChI=1S/C28H31N5O3/c1-28(2,3)36-27(34)33-15-13-32(14-16-33)22-17-24-26(29-18-22)31-25(30-24)21-9-11-23(12-10-21)35-19-20-7-5-4-6-8-20/h4-12,17-18H,13-16,19H2,1-3H3,(H,29,30,31). The van der Waals surface area contributed by atoms with E-state index in [1.807, 2.05) is 81.6 Å². The first kappa shape index (κ1) is 23.7. The number of piperazine rings is 1. The molecule has 4 aromatic rings. The number of carbonyl (C=O) groups is 1. The van der Waals surface area contributed by atoms with Crippen LogP contribution in [0, 0.1) is 0 Å². The van der Waals surface area contributed by atoms with E-state index in [1.165, 1.54) is 0 Å². The van der Waals surface area contributed by atoms with Crippen LogP contribution >= 0.6 is 0 Å². The van der Waals surface area contributed by atoms with E-state index in [0.717, 1.165) is 47.0 Å². The lowest BCUT2D eigenvalue weighted by molar-refractivity contribution is 0.0240. The summed E-state index contributed by atoms with van der Waals surface area (Å²) in [4.78, 5) is 29.0. The average molecular weight is 486 g/mol. The summed E-state index contributed by atoms with van der Waals surface area (Å²) in [6, 6.07) is 20.1. The minimum absolute atomic E-state index is 0.259. The van der Waals surface area contributed by atoms with Crippen LogP contribution in [0.15, 0.2) is 66.9 Å². The molecule has 0 unspecified atom stereocenters. The van der Waals surface area contributed by atoms with Gasteiger partial charge in [0, 0.05) is 31.7 Å². The molecular weight excluding hydrogens is 454 g/mol. The summed E-state index contributed by atoms with van der Waals surface area (Å²) in [6.45, 7) is 8.84. The summed E-state index contributed by atoms with van der Waals surface area (Å²) >= 11 is 0. The molecular formula is C28H31N5O3. The molecule has 0 bridgehead atoms. The Balaban J connectivity index is 1.22. The third-order valence-corrected chi connectivity index (χ3v) is 6.00. The minimum atomic E-state index is -0.489. The molecule has 3 heterocycles. The van der Waals surface area contributed by atoms with E-state index >= 15 is 0 Å². The Morgan fingerprint density at radius 3 is 2.42 bits per heavy atom. The zero-order chi connectivity index (χ0) is 25.1. The second kappa shape index (κ2) is 9.89. The molecule has 2 aromatic carbocycles. The highest BCUT2D eigenvalue weighted by Gasteiger charge is 2.26. The Kier molecular flexibility index (Phi) is 6.50. The first-order valence-corrected chi connectivity index (χ1v) is 12.2. The van der Waals surface area contributed by atoms with Crippen molar-refractivity contribution in [3.63, 3.8) is 0 Å². The summed E-state index contributed by atoms with van der Waals surface area (Å²) in [6.07, 6.45) is 1.58. The van der Waals surface area contributed by atoms with Crippen LogP contribution in [0.5, 0.6) is 5.75 Å². The zero-order valence-corrected chi connectivity index (χ0v) is 20.9. The predicted octanol–water partition coefficient (Wildman–Crippen LogP) is 5.26. The van der Waals surface area contributed by atoms with Crippen molar-refractivity contribution in [3.8, 4) is 17.1 Å². The highest BCUT2D eigenvalue weighted by molar-refractivity contribution is 5.79. The summed E-state index contributed by atoms with van der Waals surface area (Å²) in [7, 11) is 0. The summed E-state index contributed by atoms with van der Waals surface area (Å²) < 4.78 is 11.4. The Bertz CT molecular complexity index is 1320. The molecule has 0 radical (unpaired) electrons. The number of rotatable bonds is 5. The van der Waals surface area contributed by atoms with Crippen molar-refractivity contribution in [1.82, 2.24) is 19.9 Å². The number of pyridine rings is 1. The number of imidazole rings is 1. The maximum atomic E-state index is 12.3. The van der Waals surface area contributed by atoms with Gasteiger partial charge in [0.05, 0.1) is 17.4 Å². The smallest absolute Gasteiger partial charge is 0.410 e. The number of anilines is 1. The van der Waals surface area contributed by atoms with Gasteiger partial charge in [-0.3, -0.25) is 0 Å². The van der Waals surface area contributed by atoms with Crippen LogP contribution in [0.1, 0.15) is 26.3 Å². The number of aromatic amines is 1. The van der Waals surface area contributed by atoms with Crippen LogP contribution in [0.25, 0.3) is 22.6 Å². The molecule has 1 amide bonds. The molecule has 1 N–H and O–H groups in total. The van der Waals surface area contributed by atoms with Crippen molar-refractivity contribution in [3.05, 3.63) is 72.4 Å². The van der Waals surface area contributed by atoms with Crippen LogP contribution in [0.4, 0.5) is 10.5 Å². The van der Waals surface area contributed by atoms with Crippen molar-refractivity contribution in [2.24, 2.45) is 0 Å². The first-order valence-electron chi connectivity index (χ1n) is 12.2. The Morgan fingerprint density at radius 1 is 1.00 bits per heavy atom. The van der Waals surface area contributed by atoms with Gasteiger partial charge in [0.25, 0.3) is 0 Å². The van der Waals surface area contributed by atoms with Gasteiger partial charge in [-0.2, -0.15) is 0 Å². The van der Waals surface area contributed by atoms with E-state index in [9.17, 15) is 4.79 Å². The summed E-state index contributed by atoms with van der Waals surface area (Å²) in [5.41, 5.74) is 4.16. The van der Waals surface area contributed by atoms with Crippen molar-refractivity contribution in [1.29, 1.82) is 0 Å². The number of ether oxygens (including phenoxy) is 2. The van der Waals surface area contributed by atoms with Gasteiger partial charge in [-0.05, 0) is 56.7 Å². The van der Waals surface area contributed by atoms with Crippen LogP contribution in [0.3, 0.4) is 0 Å². The van der Waals surface area contributed by atoms with Gasteiger partial charge in [-0.25, -0.2) is 14.8 Å². The molecule has 0 spiro atoms. The molecule has 0 saturated carbocycles.